The third kappa shape index (κ3) is 4.99. The van der Waals surface area contributed by atoms with Crippen LogP contribution in [0.25, 0.3) is 5.76 Å². The normalized spacial score (nSPS) is 17.6. The van der Waals surface area contributed by atoms with Crippen molar-refractivity contribution in [2.45, 2.75) is 19.9 Å². The molecule has 1 aliphatic heterocycles. The lowest BCUT2D eigenvalue weighted by Crippen LogP contribution is -2.38. The van der Waals surface area contributed by atoms with E-state index < -0.39 is 17.7 Å². The zero-order valence-electron chi connectivity index (χ0n) is 19.3. The van der Waals surface area contributed by atoms with Crippen molar-refractivity contribution in [3.05, 3.63) is 64.2 Å². The van der Waals surface area contributed by atoms with Gasteiger partial charge in [0.15, 0.2) is 11.5 Å². The molecule has 176 valence electrons. The average molecular weight is 473 g/mol. The first-order valence-electron chi connectivity index (χ1n) is 10.8. The summed E-state index contributed by atoms with van der Waals surface area (Å²) in [6.07, 6.45) is 0. The predicted octanol–water partition coefficient (Wildman–Crippen LogP) is 4.12. The Morgan fingerprint density at radius 1 is 1.03 bits per heavy atom. The molecule has 1 fully saturated rings. The van der Waals surface area contributed by atoms with Gasteiger partial charge >= 0.3 is 0 Å². The third-order valence-corrected chi connectivity index (χ3v) is 6.18. The van der Waals surface area contributed by atoms with Crippen molar-refractivity contribution in [3.63, 3.8) is 0 Å². The summed E-state index contributed by atoms with van der Waals surface area (Å²) in [4.78, 5) is 29.9. The van der Waals surface area contributed by atoms with Crippen LogP contribution in [0.4, 0.5) is 0 Å². The Bertz CT molecular complexity index is 1050. The maximum absolute atomic E-state index is 13.1. The molecule has 1 atom stereocenters. The molecule has 33 heavy (non-hydrogen) atoms. The number of hydrogen-bond acceptors (Lipinski definition) is 6. The van der Waals surface area contributed by atoms with E-state index in [1.54, 1.807) is 42.5 Å². The average Bonchev–Trinajstić information content (AvgIpc) is 3.09. The van der Waals surface area contributed by atoms with Crippen molar-refractivity contribution in [1.29, 1.82) is 0 Å². The van der Waals surface area contributed by atoms with Gasteiger partial charge in [-0.1, -0.05) is 31.5 Å². The Morgan fingerprint density at radius 2 is 1.67 bits per heavy atom. The van der Waals surface area contributed by atoms with E-state index in [1.165, 1.54) is 19.1 Å². The molecule has 2 aromatic rings. The Kier molecular flexibility index (Phi) is 8.00. The van der Waals surface area contributed by atoms with Gasteiger partial charge in [0, 0.05) is 23.7 Å². The van der Waals surface area contributed by atoms with Crippen molar-refractivity contribution in [1.82, 2.24) is 9.80 Å². The molecule has 0 spiro atoms. The molecule has 0 saturated carbocycles. The lowest BCUT2D eigenvalue weighted by atomic mass is 9.95. The number of aliphatic hydroxyl groups is 1. The number of likely N-dealkylation sites (N-methyl/N-ethyl adjacent to an activating group) is 1. The lowest BCUT2D eigenvalue weighted by Gasteiger charge is -2.28. The summed E-state index contributed by atoms with van der Waals surface area (Å²) in [5.74, 6) is -0.607. The summed E-state index contributed by atoms with van der Waals surface area (Å²) < 4.78 is 10.8. The summed E-state index contributed by atoms with van der Waals surface area (Å²) in [7, 11) is 3.06. The molecule has 1 heterocycles. The minimum Gasteiger partial charge on any atom is -0.507 e. The lowest BCUT2D eigenvalue weighted by molar-refractivity contribution is -0.140. The maximum Gasteiger partial charge on any atom is 0.295 e. The number of amides is 1. The first kappa shape index (κ1) is 24.6. The Balaban J connectivity index is 2.14. The SMILES string of the molecule is CCN(CC)CCN1C(=O)C(=O)C(=C(O)c2ccc(Cl)cc2)[C@@H]1c1ccc(OC)c(OC)c1. The van der Waals surface area contributed by atoms with Crippen LogP contribution in [-0.2, 0) is 9.59 Å². The van der Waals surface area contributed by atoms with E-state index in [4.69, 9.17) is 21.1 Å². The van der Waals surface area contributed by atoms with Crippen LogP contribution < -0.4 is 9.47 Å². The van der Waals surface area contributed by atoms with E-state index >= 15 is 0 Å². The van der Waals surface area contributed by atoms with Crippen LogP contribution >= 0.6 is 11.6 Å². The molecule has 1 saturated heterocycles. The number of aliphatic hydroxyl groups excluding tert-OH is 1. The molecule has 8 heteroatoms. The molecule has 1 N–H and O–H groups in total. The van der Waals surface area contributed by atoms with E-state index in [1.807, 2.05) is 13.8 Å². The van der Waals surface area contributed by atoms with Crippen LogP contribution in [0.3, 0.4) is 0 Å². The second-order valence-corrected chi connectivity index (χ2v) is 8.08. The molecular weight excluding hydrogens is 444 g/mol. The van der Waals surface area contributed by atoms with E-state index in [2.05, 4.69) is 4.90 Å². The highest BCUT2D eigenvalue weighted by atomic mass is 35.5. The van der Waals surface area contributed by atoms with Crippen molar-refractivity contribution in [3.8, 4) is 11.5 Å². The first-order chi connectivity index (χ1) is 15.9. The molecule has 0 unspecified atom stereocenters. The van der Waals surface area contributed by atoms with Crippen molar-refractivity contribution < 1.29 is 24.2 Å². The van der Waals surface area contributed by atoms with Gasteiger partial charge in [0.05, 0.1) is 25.8 Å². The van der Waals surface area contributed by atoms with Gasteiger partial charge in [0.2, 0.25) is 0 Å². The zero-order chi connectivity index (χ0) is 24.1. The summed E-state index contributed by atoms with van der Waals surface area (Å²) in [6.45, 7) is 6.68. The fraction of sp³-hybridized carbons (Fsp3) is 0.360. The molecule has 0 bridgehead atoms. The smallest absolute Gasteiger partial charge is 0.295 e. The van der Waals surface area contributed by atoms with Crippen LogP contribution in [0.1, 0.15) is 31.0 Å². The van der Waals surface area contributed by atoms with E-state index in [0.717, 1.165) is 13.1 Å². The number of likely N-dealkylation sites (tertiary alicyclic amines) is 1. The highest BCUT2D eigenvalue weighted by molar-refractivity contribution is 6.46. The minimum atomic E-state index is -0.768. The topological polar surface area (TPSA) is 79.3 Å². The second kappa shape index (κ2) is 10.7. The molecule has 0 aliphatic carbocycles. The number of nitrogens with zero attached hydrogens (tertiary/aromatic N) is 2. The number of hydrogen-bond donors (Lipinski definition) is 1. The fourth-order valence-corrected chi connectivity index (χ4v) is 4.16. The summed E-state index contributed by atoms with van der Waals surface area (Å²) in [5, 5.41) is 11.6. The Hall–Kier alpha value is -3.03. The molecular formula is C25H29ClN2O5. The number of carbonyl (C=O) groups is 2. The number of benzene rings is 2. The zero-order valence-corrected chi connectivity index (χ0v) is 20.1. The number of ether oxygens (including phenoxy) is 2. The van der Waals surface area contributed by atoms with Crippen molar-refractivity contribution in [2.75, 3.05) is 40.4 Å². The summed E-state index contributed by atoms with van der Waals surface area (Å²) >= 11 is 5.98. The van der Waals surface area contributed by atoms with Gasteiger partial charge in [0.1, 0.15) is 5.76 Å². The largest absolute Gasteiger partial charge is 0.507 e. The number of halogens is 1. The van der Waals surface area contributed by atoms with Crippen LogP contribution in [0, 0.1) is 0 Å². The molecule has 7 nitrogen and oxygen atoms in total. The summed E-state index contributed by atoms with van der Waals surface area (Å²) in [6, 6.07) is 10.9. The van der Waals surface area contributed by atoms with Gasteiger partial charge in [-0.05, 0) is 55.1 Å². The Labute approximate surface area is 199 Å². The van der Waals surface area contributed by atoms with Crippen molar-refractivity contribution in [2.24, 2.45) is 0 Å². The van der Waals surface area contributed by atoms with Crippen LogP contribution in [0.2, 0.25) is 5.02 Å². The van der Waals surface area contributed by atoms with Crippen LogP contribution in [-0.4, -0.2) is 67.0 Å². The second-order valence-electron chi connectivity index (χ2n) is 7.64. The van der Waals surface area contributed by atoms with Gasteiger partial charge in [0.25, 0.3) is 11.7 Å². The van der Waals surface area contributed by atoms with Gasteiger partial charge < -0.3 is 24.4 Å². The standard InChI is InChI=1S/C25H29ClN2O5/c1-5-27(6-2)13-14-28-22(17-9-12-19(32-3)20(15-17)33-4)21(24(30)25(28)31)23(29)16-7-10-18(26)11-8-16/h7-12,15,22,29H,5-6,13-14H2,1-4H3/t22-/m0/s1. The predicted molar refractivity (Wildman–Crippen MR) is 128 cm³/mol. The van der Waals surface area contributed by atoms with E-state index in [-0.39, 0.29) is 11.3 Å². The Morgan fingerprint density at radius 3 is 2.24 bits per heavy atom. The maximum atomic E-state index is 13.1. The van der Waals surface area contributed by atoms with Gasteiger partial charge in [-0.3, -0.25) is 9.59 Å². The van der Waals surface area contributed by atoms with Crippen molar-refractivity contribution >= 4 is 29.1 Å². The number of Topliss-reactive ketones (excluding diaryl/α,β-unsaturated/α-hetero) is 1. The monoisotopic (exact) mass is 472 g/mol. The first-order valence-corrected chi connectivity index (χ1v) is 11.2. The molecule has 1 aliphatic rings. The quantitative estimate of drug-likeness (QED) is 0.336. The number of methoxy groups -OCH3 is 2. The van der Waals surface area contributed by atoms with Gasteiger partial charge in [-0.2, -0.15) is 0 Å². The molecule has 0 aromatic heterocycles. The molecule has 0 radical (unpaired) electrons. The number of carbonyl (C=O) groups excluding carboxylic acids is 2. The highest BCUT2D eigenvalue weighted by Crippen LogP contribution is 2.41. The summed E-state index contributed by atoms with van der Waals surface area (Å²) in [5.41, 5.74) is 1.09. The highest BCUT2D eigenvalue weighted by Gasteiger charge is 2.46. The minimum absolute atomic E-state index is 0.0362. The van der Waals surface area contributed by atoms with E-state index in [9.17, 15) is 14.7 Å². The van der Waals surface area contributed by atoms with Gasteiger partial charge in [-0.25, -0.2) is 0 Å². The van der Waals surface area contributed by atoms with Crippen LogP contribution in [0.15, 0.2) is 48.0 Å². The molecule has 2 aromatic carbocycles. The fourth-order valence-electron chi connectivity index (χ4n) is 4.03. The third-order valence-electron chi connectivity index (χ3n) is 5.93. The van der Waals surface area contributed by atoms with Crippen LogP contribution in [0.5, 0.6) is 11.5 Å². The van der Waals surface area contributed by atoms with E-state index in [0.29, 0.717) is 40.7 Å². The molecule has 3 rings (SSSR count). The molecule has 1 amide bonds. The van der Waals surface area contributed by atoms with Gasteiger partial charge in [-0.15, -0.1) is 0 Å². The number of ketones is 1. The number of rotatable bonds is 9.